The molecule has 0 spiro atoms. The Morgan fingerprint density at radius 3 is 2.54 bits per heavy atom. The monoisotopic (exact) mass is 242 g/mol. The van der Waals surface area contributed by atoms with Gasteiger partial charge in [-0.15, -0.1) is 0 Å². The van der Waals surface area contributed by atoms with E-state index >= 15 is 0 Å². The fraction of sp³-hybridized carbons (Fsp3) is 0.455. The fourth-order valence-electron chi connectivity index (χ4n) is 1.26. The summed E-state index contributed by atoms with van der Waals surface area (Å²) in [6, 6.07) is 6.13. The Labute approximate surface area is 87.9 Å². The highest BCUT2D eigenvalue weighted by Gasteiger charge is 2.22. The first-order valence-corrected chi connectivity index (χ1v) is 5.15. The van der Waals surface area contributed by atoms with Crippen LogP contribution in [-0.4, -0.2) is 11.7 Å². The summed E-state index contributed by atoms with van der Waals surface area (Å²) in [6.07, 6.45) is 0. The zero-order valence-corrected chi connectivity index (χ0v) is 9.85. The molecular formula is C11H15BrO. The topological polar surface area (TPSA) is 20.2 Å². The van der Waals surface area contributed by atoms with E-state index in [4.69, 9.17) is 0 Å². The standard InChI is InChI=1S/C11H15BrO/c1-8-5-4-6-9(10(8)12)11(2,3)7-13/h4-6,13H,7H2,1-3H3. The summed E-state index contributed by atoms with van der Waals surface area (Å²) < 4.78 is 1.11. The van der Waals surface area contributed by atoms with Crippen molar-refractivity contribution in [2.75, 3.05) is 6.61 Å². The fourth-order valence-corrected chi connectivity index (χ4v) is 2.06. The van der Waals surface area contributed by atoms with Gasteiger partial charge in [0.25, 0.3) is 0 Å². The average molecular weight is 243 g/mol. The third-order valence-electron chi connectivity index (χ3n) is 2.32. The molecule has 0 atom stereocenters. The van der Waals surface area contributed by atoms with Crippen molar-refractivity contribution in [1.82, 2.24) is 0 Å². The van der Waals surface area contributed by atoms with Crippen LogP contribution < -0.4 is 0 Å². The van der Waals surface area contributed by atoms with Gasteiger partial charge in [0, 0.05) is 9.89 Å². The second-order valence-corrected chi connectivity index (χ2v) is 4.77. The maximum absolute atomic E-state index is 9.24. The average Bonchev–Trinajstić information content (AvgIpc) is 2.09. The largest absolute Gasteiger partial charge is 0.395 e. The minimum atomic E-state index is -0.176. The van der Waals surface area contributed by atoms with Gasteiger partial charge < -0.3 is 5.11 Å². The van der Waals surface area contributed by atoms with Gasteiger partial charge in [-0.25, -0.2) is 0 Å². The van der Waals surface area contributed by atoms with Gasteiger partial charge in [-0.3, -0.25) is 0 Å². The van der Waals surface area contributed by atoms with E-state index in [-0.39, 0.29) is 12.0 Å². The van der Waals surface area contributed by atoms with Gasteiger partial charge in [-0.2, -0.15) is 0 Å². The van der Waals surface area contributed by atoms with E-state index in [1.165, 1.54) is 5.56 Å². The summed E-state index contributed by atoms with van der Waals surface area (Å²) in [4.78, 5) is 0. The Morgan fingerprint density at radius 1 is 1.38 bits per heavy atom. The molecule has 72 valence electrons. The first-order valence-electron chi connectivity index (χ1n) is 4.35. The zero-order valence-electron chi connectivity index (χ0n) is 8.26. The van der Waals surface area contributed by atoms with Gasteiger partial charge in [-0.1, -0.05) is 48.0 Å². The Kier molecular flexibility index (Phi) is 3.14. The highest BCUT2D eigenvalue weighted by atomic mass is 79.9. The van der Waals surface area contributed by atoms with E-state index in [9.17, 15) is 5.11 Å². The second kappa shape index (κ2) is 3.81. The van der Waals surface area contributed by atoms with Gasteiger partial charge >= 0.3 is 0 Å². The molecular weight excluding hydrogens is 228 g/mol. The molecule has 0 saturated carbocycles. The molecule has 0 aromatic heterocycles. The van der Waals surface area contributed by atoms with Crippen molar-refractivity contribution in [3.8, 4) is 0 Å². The van der Waals surface area contributed by atoms with E-state index in [1.54, 1.807) is 0 Å². The molecule has 0 unspecified atom stereocenters. The molecule has 1 aromatic carbocycles. The van der Waals surface area contributed by atoms with Crippen LogP contribution in [0.1, 0.15) is 25.0 Å². The number of halogens is 1. The number of hydrogen-bond donors (Lipinski definition) is 1. The SMILES string of the molecule is Cc1cccc(C(C)(C)CO)c1Br. The van der Waals surface area contributed by atoms with Crippen molar-refractivity contribution in [2.24, 2.45) is 0 Å². The molecule has 0 fully saturated rings. The van der Waals surface area contributed by atoms with Crippen molar-refractivity contribution in [3.63, 3.8) is 0 Å². The lowest BCUT2D eigenvalue weighted by Gasteiger charge is -2.24. The van der Waals surface area contributed by atoms with E-state index < -0.39 is 0 Å². The lowest BCUT2D eigenvalue weighted by Crippen LogP contribution is -2.22. The number of aryl methyl sites for hydroxylation is 1. The summed E-state index contributed by atoms with van der Waals surface area (Å²) in [5, 5.41) is 9.24. The van der Waals surface area contributed by atoms with Crippen molar-refractivity contribution < 1.29 is 5.11 Å². The van der Waals surface area contributed by atoms with Crippen LogP contribution in [0.3, 0.4) is 0 Å². The number of rotatable bonds is 2. The van der Waals surface area contributed by atoms with Gasteiger partial charge in [0.2, 0.25) is 0 Å². The van der Waals surface area contributed by atoms with Crippen LogP contribution in [-0.2, 0) is 5.41 Å². The maximum atomic E-state index is 9.24. The van der Waals surface area contributed by atoms with Crippen molar-refractivity contribution in [3.05, 3.63) is 33.8 Å². The van der Waals surface area contributed by atoms with Crippen molar-refractivity contribution in [2.45, 2.75) is 26.2 Å². The van der Waals surface area contributed by atoms with Crippen LogP contribution in [0.2, 0.25) is 0 Å². The normalized spacial score (nSPS) is 11.8. The first-order chi connectivity index (χ1) is 5.99. The van der Waals surface area contributed by atoms with Crippen LogP contribution in [0.5, 0.6) is 0 Å². The molecule has 1 nitrogen and oxygen atoms in total. The molecule has 0 aliphatic heterocycles. The minimum absolute atomic E-state index is 0.162. The van der Waals surface area contributed by atoms with Crippen LogP contribution in [0.25, 0.3) is 0 Å². The number of aliphatic hydroxyl groups excluding tert-OH is 1. The molecule has 0 amide bonds. The van der Waals surface area contributed by atoms with Gasteiger partial charge in [-0.05, 0) is 18.1 Å². The number of hydrogen-bond acceptors (Lipinski definition) is 1. The molecule has 0 heterocycles. The quantitative estimate of drug-likeness (QED) is 0.846. The number of benzene rings is 1. The van der Waals surface area contributed by atoms with Gasteiger partial charge in [0.1, 0.15) is 0 Å². The predicted octanol–water partition coefficient (Wildman–Crippen LogP) is 3.03. The van der Waals surface area contributed by atoms with Crippen LogP contribution in [0.15, 0.2) is 22.7 Å². The Hall–Kier alpha value is -0.340. The van der Waals surface area contributed by atoms with Crippen LogP contribution in [0.4, 0.5) is 0 Å². The van der Waals surface area contributed by atoms with Crippen molar-refractivity contribution in [1.29, 1.82) is 0 Å². The van der Waals surface area contributed by atoms with E-state index in [1.807, 2.05) is 26.0 Å². The molecule has 1 N–H and O–H groups in total. The molecule has 0 radical (unpaired) electrons. The molecule has 1 rings (SSSR count). The van der Waals surface area contributed by atoms with Gasteiger partial charge in [0.05, 0.1) is 6.61 Å². The Balaban J connectivity index is 3.22. The third-order valence-corrected chi connectivity index (χ3v) is 3.37. The van der Waals surface area contributed by atoms with E-state index in [2.05, 4.69) is 28.9 Å². The zero-order chi connectivity index (χ0) is 10.1. The van der Waals surface area contributed by atoms with Crippen molar-refractivity contribution >= 4 is 15.9 Å². The third kappa shape index (κ3) is 2.12. The molecule has 13 heavy (non-hydrogen) atoms. The molecule has 1 aromatic rings. The van der Waals surface area contributed by atoms with Gasteiger partial charge in [0.15, 0.2) is 0 Å². The smallest absolute Gasteiger partial charge is 0.0523 e. The first kappa shape index (κ1) is 10.7. The Bertz CT molecular complexity index is 305. The molecule has 2 heteroatoms. The lowest BCUT2D eigenvalue weighted by atomic mass is 9.85. The van der Waals surface area contributed by atoms with E-state index in [0.717, 1.165) is 10.0 Å². The second-order valence-electron chi connectivity index (χ2n) is 3.98. The highest BCUT2D eigenvalue weighted by Crippen LogP contribution is 2.31. The predicted molar refractivity (Wildman–Crippen MR) is 59.0 cm³/mol. The summed E-state index contributed by atoms with van der Waals surface area (Å²) in [5.41, 5.74) is 2.19. The summed E-state index contributed by atoms with van der Waals surface area (Å²) in [6.45, 7) is 6.29. The molecule has 0 aliphatic rings. The van der Waals surface area contributed by atoms with Crippen LogP contribution >= 0.6 is 15.9 Å². The van der Waals surface area contributed by atoms with E-state index in [0.29, 0.717) is 0 Å². The molecule has 0 aliphatic carbocycles. The highest BCUT2D eigenvalue weighted by molar-refractivity contribution is 9.10. The summed E-state index contributed by atoms with van der Waals surface area (Å²) >= 11 is 3.55. The minimum Gasteiger partial charge on any atom is -0.395 e. The lowest BCUT2D eigenvalue weighted by molar-refractivity contribution is 0.218. The summed E-state index contributed by atoms with van der Waals surface area (Å²) in [7, 11) is 0. The maximum Gasteiger partial charge on any atom is 0.0523 e. The summed E-state index contributed by atoms with van der Waals surface area (Å²) in [5.74, 6) is 0. The molecule has 0 bridgehead atoms. The molecule has 0 saturated heterocycles. The number of aliphatic hydroxyl groups is 1. The Morgan fingerprint density at radius 2 is 2.00 bits per heavy atom. The van der Waals surface area contributed by atoms with Crippen LogP contribution in [0, 0.1) is 6.92 Å².